The van der Waals surface area contributed by atoms with Gasteiger partial charge >= 0.3 is 0 Å². The molecule has 1 aliphatic carbocycles. The highest BCUT2D eigenvalue weighted by Crippen LogP contribution is 2.35. The third kappa shape index (κ3) is 1.50. The molecule has 0 bridgehead atoms. The van der Waals surface area contributed by atoms with Gasteiger partial charge in [-0.2, -0.15) is 0 Å². The SMILES string of the molecule is CC1OC(C)C2CCCCC2O1. The van der Waals surface area contributed by atoms with E-state index in [0.29, 0.717) is 18.1 Å². The molecule has 0 N–H and O–H groups in total. The van der Waals surface area contributed by atoms with Gasteiger partial charge < -0.3 is 9.47 Å². The molecule has 2 nitrogen and oxygen atoms in total. The van der Waals surface area contributed by atoms with Gasteiger partial charge in [-0.1, -0.05) is 12.8 Å². The molecule has 2 fully saturated rings. The zero-order valence-corrected chi connectivity index (χ0v) is 7.95. The minimum Gasteiger partial charge on any atom is -0.350 e. The highest BCUT2D eigenvalue weighted by Gasteiger charge is 2.36. The molecule has 70 valence electrons. The largest absolute Gasteiger partial charge is 0.350 e. The molecule has 0 amide bonds. The van der Waals surface area contributed by atoms with Crippen LogP contribution in [-0.4, -0.2) is 18.5 Å². The molecule has 1 saturated heterocycles. The number of rotatable bonds is 0. The van der Waals surface area contributed by atoms with Crippen molar-refractivity contribution in [2.45, 2.75) is 58.0 Å². The molecule has 1 aliphatic heterocycles. The van der Waals surface area contributed by atoms with E-state index in [-0.39, 0.29) is 6.29 Å². The summed E-state index contributed by atoms with van der Waals surface area (Å²) in [5, 5.41) is 0. The Morgan fingerprint density at radius 3 is 2.58 bits per heavy atom. The zero-order chi connectivity index (χ0) is 8.55. The van der Waals surface area contributed by atoms with Crippen molar-refractivity contribution in [3.8, 4) is 0 Å². The molecule has 4 unspecified atom stereocenters. The minimum atomic E-state index is 0.0133. The van der Waals surface area contributed by atoms with Crippen LogP contribution in [0.2, 0.25) is 0 Å². The van der Waals surface area contributed by atoms with Gasteiger partial charge in [0.1, 0.15) is 0 Å². The highest BCUT2D eigenvalue weighted by molar-refractivity contribution is 4.83. The molecule has 0 aromatic rings. The van der Waals surface area contributed by atoms with Crippen LogP contribution in [0.5, 0.6) is 0 Å². The van der Waals surface area contributed by atoms with E-state index in [9.17, 15) is 0 Å². The molecule has 2 rings (SSSR count). The standard InChI is InChI=1S/C10H18O2/c1-7-9-5-3-4-6-10(9)12-8(2)11-7/h7-10H,3-6H2,1-2H3. The fourth-order valence-electron chi connectivity index (χ4n) is 2.51. The summed E-state index contributed by atoms with van der Waals surface area (Å²) in [6.45, 7) is 4.18. The van der Waals surface area contributed by atoms with Crippen molar-refractivity contribution in [1.29, 1.82) is 0 Å². The van der Waals surface area contributed by atoms with Gasteiger partial charge in [-0.05, 0) is 26.7 Å². The third-order valence-corrected chi connectivity index (χ3v) is 3.13. The van der Waals surface area contributed by atoms with Crippen molar-refractivity contribution in [3.63, 3.8) is 0 Å². The summed E-state index contributed by atoms with van der Waals surface area (Å²) in [4.78, 5) is 0. The second kappa shape index (κ2) is 3.35. The average molecular weight is 170 g/mol. The molecule has 2 heteroatoms. The topological polar surface area (TPSA) is 18.5 Å². The molecule has 1 heterocycles. The summed E-state index contributed by atoms with van der Waals surface area (Å²) in [6, 6.07) is 0. The van der Waals surface area contributed by atoms with Crippen LogP contribution in [0.3, 0.4) is 0 Å². The third-order valence-electron chi connectivity index (χ3n) is 3.13. The first-order chi connectivity index (χ1) is 5.77. The van der Waals surface area contributed by atoms with Crippen LogP contribution >= 0.6 is 0 Å². The molecule has 0 aromatic carbocycles. The van der Waals surface area contributed by atoms with Gasteiger partial charge in [0.2, 0.25) is 0 Å². The van der Waals surface area contributed by atoms with Gasteiger partial charge in [0, 0.05) is 5.92 Å². The Labute approximate surface area is 74.2 Å². The van der Waals surface area contributed by atoms with Crippen LogP contribution < -0.4 is 0 Å². The van der Waals surface area contributed by atoms with Crippen molar-refractivity contribution in [2.24, 2.45) is 5.92 Å². The van der Waals surface area contributed by atoms with E-state index in [4.69, 9.17) is 9.47 Å². The fraction of sp³-hybridized carbons (Fsp3) is 1.00. The summed E-state index contributed by atoms with van der Waals surface area (Å²) in [6.07, 6.45) is 6.12. The van der Waals surface area contributed by atoms with Crippen molar-refractivity contribution >= 4 is 0 Å². The van der Waals surface area contributed by atoms with Crippen molar-refractivity contribution in [2.75, 3.05) is 0 Å². The maximum Gasteiger partial charge on any atom is 0.155 e. The van der Waals surface area contributed by atoms with E-state index in [2.05, 4.69) is 6.92 Å². The van der Waals surface area contributed by atoms with Gasteiger partial charge in [-0.3, -0.25) is 0 Å². The first-order valence-electron chi connectivity index (χ1n) is 5.08. The first-order valence-corrected chi connectivity index (χ1v) is 5.08. The number of ether oxygens (including phenoxy) is 2. The second-order valence-electron chi connectivity index (χ2n) is 4.03. The van der Waals surface area contributed by atoms with E-state index in [0.717, 1.165) is 0 Å². The Balaban J connectivity index is 2.01. The lowest BCUT2D eigenvalue weighted by molar-refractivity contribution is -0.263. The lowest BCUT2D eigenvalue weighted by Gasteiger charge is -2.42. The first kappa shape index (κ1) is 8.52. The van der Waals surface area contributed by atoms with Gasteiger partial charge in [0.25, 0.3) is 0 Å². The molecule has 4 atom stereocenters. The number of hydrogen-bond acceptors (Lipinski definition) is 2. The molecule has 0 spiro atoms. The molecule has 0 radical (unpaired) electrons. The maximum atomic E-state index is 5.74. The minimum absolute atomic E-state index is 0.0133. The lowest BCUT2D eigenvalue weighted by Crippen LogP contribution is -2.45. The van der Waals surface area contributed by atoms with Gasteiger partial charge in [0.15, 0.2) is 6.29 Å². The Morgan fingerprint density at radius 2 is 1.75 bits per heavy atom. The van der Waals surface area contributed by atoms with Gasteiger partial charge in [-0.15, -0.1) is 0 Å². The Bertz CT molecular complexity index is 158. The summed E-state index contributed by atoms with van der Waals surface area (Å²) in [7, 11) is 0. The Kier molecular flexibility index (Phi) is 2.37. The lowest BCUT2D eigenvalue weighted by atomic mass is 9.82. The van der Waals surface area contributed by atoms with Crippen molar-refractivity contribution < 1.29 is 9.47 Å². The Morgan fingerprint density at radius 1 is 1.00 bits per heavy atom. The van der Waals surface area contributed by atoms with E-state index in [1.165, 1.54) is 25.7 Å². The molecule has 12 heavy (non-hydrogen) atoms. The van der Waals surface area contributed by atoms with Crippen LogP contribution in [0, 0.1) is 5.92 Å². The van der Waals surface area contributed by atoms with Crippen LogP contribution in [0.25, 0.3) is 0 Å². The average Bonchev–Trinajstić information content (AvgIpc) is 2.04. The smallest absolute Gasteiger partial charge is 0.155 e. The molecule has 2 aliphatic rings. The monoisotopic (exact) mass is 170 g/mol. The summed E-state index contributed by atoms with van der Waals surface area (Å²) in [5.41, 5.74) is 0. The highest BCUT2D eigenvalue weighted by atomic mass is 16.7. The fourth-order valence-corrected chi connectivity index (χ4v) is 2.51. The predicted octanol–water partition coefficient (Wildman–Crippen LogP) is 2.33. The van der Waals surface area contributed by atoms with Crippen LogP contribution in [-0.2, 0) is 9.47 Å². The van der Waals surface area contributed by atoms with Crippen molar-refractivity contribution in [1.82, 2.24) is 0 Å². The van der Waals surface area contributed by atoms with E-state index in [1.54, 1.807) is 0 Å². The van der Waals surface area contributed by atoms with Gasteiger partial charge in [0.05, 0.1) is 12.2 Å². The number of fused-ring (bicyclic) bond motifs is 1. The summed E-state index contributed by atoms with van der Waals surface area (Å²) >= 11 is 0. The van der Waals surface area contributed by atoms with E-state index in [1.807, 2.05) is 6.92 Å². The van der Waals surface area contributed by atoms with Gasteiger partial charge in [-0.25, -0.2) is 0 Å². The van der Waals surface area contributed by atoms with E-state index < -0.39 is 0 Å². The Hall–Kier alpha value is -0.0800. The van der Waals surface area contributed by atoms with Crippen LogP contribution in [0.1, 0.15) is 39.5 Å². The molecule has 0 aromatic heterocycles. The van der Waals surface area contributed by atoms with Crippen molar-refractivity contribution in [3.05, 3.63) is 0 Å². The molecular weight excluding hydrogens is 152 g/mol. The molecular formula is C10H18O2. The quantitative estimate of drug-likeness (QED) is 0.555. The summed E-state index contributed by atoms with van der Waals surface area (Å²) in [5.74, 6) is 0.662. The molecule has 1 saturated carbocycles. The number of hydrogen-bond donors (Lipinski definition) is 0. The van der Waals surface area contributed by atoms with Crippen LogP contribution in [0.4, 0.5) is 0 Å². The second-order valence-corrected chi connectivity index (χ2v) is 4.03. The van der Waals surface area contributed by atoms with Crippen LogP contribution in [0.15, 0.2) is 0 Å². The zero-order valence-electron chi connectivity index (χ0n) is 7.95. The normalized spacial score (nSPS) is 48.5. The summed E-state index contributed by atoms with van der Waals surface area (Å²) < 4.78 is 11.4. The predicted molar refractivity (Wildman–Crippen MR) is 46.8 cm³/mol. The maximum absolute atomic E-state index is 5.74. The van der Waals surface area contributed by atoms with E-state index >= 15 is 0 Å².